The molecular formula is C15H24N2OS. The van der Waals surface area contributed by atoms with Crippen molar-refractivity contribution in [2.75, 3.05) is 17.3 Å². The van der Waals surface area contributed by atoms with Crippen LogP contribution in [0.3, 0.4) is 0 Å². The van der Waals surface area contributed by atoms with Crippen LogP contribution in [0.25, 0.3) is 0 Å². The molecule has 0 spiro atoms. The Morgan fingerprint density at radius 3 is 2.74 bits per heavy atom. The van der Waals surface area contributed by atoms with Crippen LogP contribution < -0.4 is 10.6 Å². The Balaban J connectivity index is 2.60. The number of rotatable bonds is 7. The minimum Gasteiger partial charge on any atom is -0.326 e. The predicted molar refractivity (Wildman–Crippen MR) is 84.8 cm³/mol. The van der Waals surface area contributed by atoms with Crippen LogP contribution in [0.2, 0.25) is 0 Å². The first-order chi connectivity index (χ1) is 9.02. The van der Waals surface area contributed by atoms with E-state index in [1.165, 1.54) is 18.2 Å². The van der Waals surface area contributed by atoms with Gasteiger partial charge in [-0.1, -0.05) is 12.1 Å². The quantitative estimate of drug-likeness (QED) is 0.804. The predicted octanol–water partition coefficient (Wildman–Crippen LogP) is 3.44. The van der Waals surface area contributed by atoms with Crippen LogP contribution in [-0.2, 0) is 4.79 Å². The summed E-state index contributed by atoms with van der Waals surface area (Å²) in [4.78, 5) is 11.1. The molecule has 2 atom stereocenters. The summed E-state index contributed by atoms with van der Waals surface area (Å²) in [5.41, 5.74) is 2.05. The Kier molecular flexibility index (Phi) is 6.95. The molecular weight excluding hydrogens is 256 g/mol. The number of thioether (sulfide) groups is 1. The lowest BCUT2D eigenvalue weighted by Gasteiger charge is -2.20. The largest absolute Gasteiger partial charge is 0.326 e. The summed E-state index contributed by atoms with van der Waals surface area (Å²) in [5, 5.41) is 6.40. The monoisotopic (exact) mass is 280 g/mol. The van der Waals surface area contributed by atoms with Gasteiger partial charge in [-0.05, 0) is 50.0 Å². The molecule has 0 saturated carbocycles. The zero-order valence-corrected chi connectivity index (χ0v) is 13.0. The molecule has 0 fully saturated rings. The summed E-state index contributed by atoms with van der Waals surface area (Å²) in [6.07, 6.45) is 3.30. The van der Waals surface area contributed by atoms with E-state index in [0.717, 1.165) is 12.1 Å². The van der Waals surface area contributed by atoms with E-state index < -0.39 is 0 Å². The Morgan fingerprint density at radius 1 is 1.37 bits per heavy atom. The molecule has 2 N–H and O–H groups in total. The summed E-state index contributed by atoms with van der Waals surface area (Å²) in [6.45, 7) is 5.89. The third kappa shape index (κ3) is 6.12. The zero-order chi connectivity index (χ0) is 14.3. The fraction of sp³-hybridized carbons (Fsp3) is 0.533. The molecule has 0 aromatic heterocycles. The van der Waals surface area contributed by atoms with Crippen molar-refractivity contribution >= 4 is 23.4 Å². The van der Waals surface area contributed by atoms with Crippen LogP contribution in [0.5, 0.6) is 0 Å². The maximum absolute atomic E-state index is 11.1. The normalized spacial score (nSPS) is 13.9. The second-order valence-electron chi connectivity index (χ2n) is 4.88. The van der Waals surface area contributed by atoms with E-state index in [9.17, 15) is 4.79 Å². The number of benzene rings is 1. The van der Waals surface area contributed by atoms with Crippen LogP contribution in [0, 0.1) is 0 Å². The molecule has 1 amide bonds. The molecule has 1 aromatic rings. The lowest BCUT2D eigenvalue weighted by Crippen LogP contribution is -2.29. The Labute approximate surface area is 120 Å². The minimum absolute atomic E-state index is 0.0360. The van der Waals surface area contributed by atoms with E-state index >= 15 is 0 Å². The highest BCUT2D eigenvalue weighted by Gasteiger charge is 2.09. The molecule has 0 aliphatic carbocycles. The zero-order valence-electron chi connectivity index (χ0n) is 12.2. The molecule has 1 rings (SSSR count). The van der Waals surface area contributed by atoms with E-state index in [2.05, 4.69) is 36.8 Å². The second-order valence-corrected chi connectivity index (χ2v) is 5.86. The summed E-state index contributed by atoms with van der Waals surface area (Å²) < 4.78 is 0. The SMILES string of the molecule is CSCC[C@@H](C)N[C@@H](C)c1cccc(NC(C)=O)c1. The Bertz CT molecular complexity index is 409. The smallest absolute Gasteiger partial charge is 0.221 e. The molecule has 3 nitrogen and oxygen atoms in total. The average molecular weight is 280 g/mol. The van der Waals surface area contributed by atoms with Crippen molar-refractivity contribution in [1.29, 1.82) is 0 Å². The van der Waals surface area contributed by atoms with E-state index in [0.29, 0.717) is 6.04 Å². The molecule has 4 heteroatoms. The van der Waals surface area contributed by atoms with Crippen molar-refractivity contribution in [1.82, 2.24) is 5.32 Å². The van der Waals surface area contributed by atoms with E-state index in [1.807, 2.05) is 30.0 Å². The summed E-state index contributed by atoms with van der Waals surface area (Å²) in [5.74, 6) is 1.14. The van der Waals surface area contributed by atoms with Gasteiger partial charge in [-0.25, -0.2) is 0 Å². The fourth-order valence-electron chi connectivity index (χ4n) is 1.99. The van der Waals surface area contributed by atoms with Gasteiger partial charge in [0.25, 0.3) is 0 Å². The average Bonchev–Trinajstić information content (AvgIpc) is 2.35. The first kappa shape index (κ1) is 16.1. The van der Waals surface area contributed by atoms with Crippen LogP contribution in [0.15, 0.2) is 24.3 Å². The molecule has 1 aromatic carbocycles. The van der Waals surface area contributed by atoms with Crippen LogP contribution in [-0.4, -0.2) is 24.0 Å². The van der Waals surface area contributed by atoms with Gasteiger partial charge in [-0.15, -0.1) is 0 Å². The summed E-state index contributed by atoms with van der Waals surface area (Å²) in [7, 11) is 0. The lowest BCUT2D eigenvalue weighted by atomic mass is 10.1. The Hall–Kier alpha value is -1.00. The van der Waals surface area contributed by atoms with Crippen LogP contribution in [0.4, 0.5) is 5.69 Å². The van der Waals surface area contributed by atoms with Crippen molar-refractivity contribution in [2.24, 2.45) is 0 Å². The van der Waals surface area contributed by atoms with Crippen molar-refractivity contribution in [3.8, 4) is 0 Å². The first-order valence-corrected chi connectivity index (χ1v) is 8.05. The molecule has 0 unspecified atom stereocenters. The number of carbonyl (C=O) groups is 1. The van der Waals surface area contributed by atoms with Gasteiger partial charge in [0.05, 0.1) is 0 Å². The molecule has 0 saturated heterocycles. The Morgan fingerprint density at radius 2 is 2.11 bits per heavy atom. The number of hydrogen-bond donors (Lipinski definition) is 2. The van der Waals surface area contributed by atoms with Gasteiger partial charge in [0.15, 0.2) is 0 Å². The molecule has 106 valence electrons. The van der Waals surface area contributed by atoms with Gasteiger partial charge >= 0.3 is 0 Å². The lowest BCUT2D eigenvalue weighted by molar-refractivity contribution is -0.114. The molecule has 0 aliphatic heterocycles. The van der Waals surface area contributed by atoms with Crippen molar-refractivity contribution in [3.05, 3.63) is 29.8 Å². The highest BCUT2D eigenvalue weighted by atomic mass is 32.2. The molecule has 0 bridgehead atoms. The number of carbonyl (C=O) groups excluding carboxylic acids is 1. The van der Waals surface area contributed by atoms with E-state index in [-0.39, 0.29) is 11.9 Å². The van der Waals surface area contributed by atoms with Crippen molar-refractivity contribution in [3.63, 3.8) is 0 Å². The topological polar surface area (TPSA) is 41.1 Å². The maximum Gasteiger partial charge on any atom is 0.221 e. The van der Waals surface area contributed by atoms with Gasteiger partial charge in [0, 0.05) is 24.7 Å². The minimum atomic E-state index is -0.0360. The van der Waals surface area contributed by atoms with Crippen molar-refractivity contribution < 1.29 is 4.79 Å². The van der Waals surface area contributed by atoms with Gasteiger partial charge in [0.1, 0.15) is 0 Å². The number of hydrogen-bond acceptors (Lipinski definition) is 3. The highest BCUT2D eigenvalue weighted by molar-refractivity contribution is 7.98. The molecule has 19 heavy (non-hydrogen) atoms. The van der Waals surface area contributed by atoms with Crippen molar-refractivity contribution in [2.45, 2.75) is 39.3 Å². The third-order valence-electron chi connectivity index (χ3n) is 3.00. The van der Waals surface area contributed by atoms with Gasteiger partial charge < -0.3 is 10.6 Å². The summed E-state index contributed by atoms with van der Waals surface area (Å²) in [6, 6.07) is 8.78. The number of nitrogens with one attached hydrogen (secondary N) is 2. The third-order valence-corrected chi connectivity index (χ3v) is 3.64. The second kappa shape index (κ2) is 8.23. The van der Waals surface area contributed by atoms with Crippen LogP contribution in [0.1, 0.15) is 38.8 Å². The first-order valence-electron chi connectivity index (χ1n) is 6.65. The fourth-order valence-corrected chi connectivity index (χ4v) is 2.58. The summed E-state index contributed by atoms with van der Waals surface area (Å²) >= 11 is 1.87. The van der Waals surface area contributed by atoms with E-state index in [4.69, 9.17) is 0 Å². The molecule has 0 radical (unpaired) electrons. The maximum atomic E-state index is 11.1. The van der Waals surface area contributed by atoms with Crippen LogP contribution >= 0.6 is 11.8 Å². The standard InChI is InChI=1S/C15H24N2OS/c1-11(8-9-19-4)16-12(2)14-6-5-7-15(10-14)17-13(3)18/h5-7,10-12,16H,8-9H2,1-4H3,(H,17,18)/t11-,12+/m1/s1. The highest BCUT2D eigenvalue weighted by Crippen LogP contribution is 2.18. The number of amides is 1. The van der Waals surface area contributed by atoms with Gasteiger partial charge in [0.2, 0.25) is 5.91 Å². The molecule has 0 heterocycles. The van der Waals surface area contributed by atoms with Gasteiger partial charge in [-0.3, -0.25) is 4.79 Å². The molecule has 0 aliphatic rings. The van der Waals surface area contributed by atoms with Gasteiger partial charge in [-0.2, -0.15) is 11.8 Å². The number of anilines is 1. The van der Waals surface area contributed by atoms with E-state index in [1.54, 1.807) is 0 Å².